The Labute approximate surface area is 167 Å². The van der Waals surface area contributed by atoms with Crippen LogP contribution < -0.4 is 10.6 Å². The molecule has 4 aliphatic rings. The molecule has 0 spiro atoms. The molecule has 4 saturated carbocycles. The number of carbonyl (C=O) groups is 1. The van der Waals surface area contributed by atoms with Gasteiger partial charge < -0.3 is 15.1 Å². The Balaban J connectivity index is 1.30. The molecule has 1 heterocycles. The number of hydrogen-bond donors (Lipinski definition) is 2. The minimum Gasteiger partial charge on any atom is -0.463 e. The van der Waals surface area contributed by atoms with Crippen molar-refractivity contribution in [1.82, 2.24) is 5.32 Å². The molecule has 4 heteroatoms. The maximum Gasteiger partial charge on any atom is 0.278 e. The molecule has 0 radical (unpaired) electrons. The summed E-state index contributed by atoms with van der Waals surface area (Å²) >= 11 is 0. The highest BCUT2D eigenvalue weighted by Gasteiger charge is 2.52. The minimum atomic E-state index is -0.164. The van der Waals surface area contributed by atoms with Crippen molar-refractivity contribution in [2.45, 2.75) is 63.1 Å². The molecule has 4 aliphatic carbocycles. The highest BCUT2D eigenvalue weighted by Crippen LogP contribution is 2.55. The van der Waals surface area contributed by atoms with Crippen LogP contribution in [0.4, 0.5) is 0 Å². The van der Waals surface area contributed by atoms with Crippen molar-refractivity contribution in [3.05, 3.63) is 60.1 Å². The van der Waals surface area contributed by atoms with Gasteiger partial charge in [-0.25, -0.2) is 0 Å². The molecule has 28 heavy (non-hydrogen) atoms. The predicted molar refractivity (Wildman–Crippen MR) is 107 cm³/mol. The highest BCUT2D eigenvalue weighted by atomic mass is 16.3. The zero-order valence-corrected chi connectivity index (χ0v) is 16.6. The molecule has 6 rings (SSSR count). The Hall–Kier alpha value is -2.07. The molecule has 1 aromatic heterocycles. The third-order valence-electron chi connectivity index (χ3n) is 7.33. The van der Waals surface area contributed by atoms with Gasteiger partial charge in [0.2, 0.25) is 0 Å². The molecule has 3 N–H and O–H groups in total. The SMILES string of the molecule is C[C@H]([NH2+][C@@H](c1ccccc1)c1ccco1)C(=O)NC12CC3CC(CC(C3)C1)C2. The van der Waals surface area contributed by atoms with Crippen molar-refractivity contribution in [3.8, 4) is 0 Å². The van der Waals surface area contributed by atoms with Gasteiger partial charge in [0.15, 0.2) is 17.8 Å². The number of quaternary nitrogens is 1. The first-order valence-electron chi connectivity index (χ1n) is 10.9. The minimum absolute atomic E-state index is 0.00619. The van der Waals surface area contributed by atoms with E-state index in [1.54, 1.807) is 6.26 Å². The number of furan rings is 1. The second kappa shape index (κ2) is 7.07. The lowest BCUT2D eigenvalue weighted by Crippen LogP contribution is -2.93. The lowest BCUT2D eigenvalue weighted by atomic mass is 9.53. The highest BCUT2D eigenvalue weighted by molar-refractivity contribution is 5.80. The Morgan fingerprint density at radius 2 is 1.68 bits per heavy atom. The molecule has 0 unspecified atom stereocenters. The largest absolute Gasteiger partial charge is 0.463 e. The molecule has 2 atom stereocenters. The Morgan fingerprint density at radius 1 is 1.04 bits per heavy atom. The fraction of sp³-hybridized carbons (Fsp3) is 0.542. The average Bonchev–Trinajstić information content (AvgIpc) is 3.19. The summed E-state index contributed by atoms with van der Waals surface area (Å²) in [5.41, 5.74) is 1.23. The van der Waals surface area contributed by atoms with Crippen molar-refractivity contribution in [3.63, 3.8) is 0 Å². The summed E-state index contributed by atoms with van der Waals surface area (Å²) in [6, 6.07) is 14.1. The van der Waals surface area contributed by atoms with Crippen molar-refractivity contribution in [1.29, 1.82) is 0 Å². The van der Waals surface area contributed by atoms with Crippen molar-refractivity contribution < 1.29 is 14.5 Å². The van der Waals surface area contributed by atoms with Crippen LogP contribution in [0.2, 0.25) is 0 Å². The van der Waals surface area contributed by atoms with Gasteiger partial charge in [0, 0.05) is 11.1 Å². The van der Waals surface area contributed by atoms with Crippen LogP contribution in [0.1, 0.15) is 62.8 Å². The standard InChI is InChI=1S/C24H30N2O2/c1-16(25-22(21-8-5-9-28-21)20-6-3-2-4-7-20)23(27)26-24-13-17-10-18(14-24)12-19(11-17)15-24/h2-9,16-19,22,25H,10-15H2,1H3,(H,26,27)/p+1/t16-,17?,18?,19?,22-,24?/m0/s1. The van der Waals surface area contributed by atoms with Gasteiger partial charge in [-0.1, -0.05) is 30.3 Å². The van der Waals surface area contributed by atoms with Crippen LogP contribution in [0.3, 0.4) is 0 Å². The lowest BCUT2D eigenvalue weighted by Gasteiger charge is -2.57. The monoisotopic (exact) mass is 379 g/mol. The second-order valence-electron chi connectivity index (χ2n) is 9.57. The number of benzene rings is 1. The fourth-order valence-corrected chi connectivity index (χ4v) is 6.51. The van der Waals surface area contributed by atoms with E-state index in [0.717, 1.165) is 29.1 Å². The predicted octanol–water partition coefficient (Wildman–Crippen LogP) is 3.41. The summed E-state index contributed by atoms with van der Waals surface area (Å²) in [6.07, 6.45) is 9.47. The van der Waals surface area contributed by atoms with Crippen LogP contribution >= 0.6 is 0 Å². The molecule has 1 aromatic carbocycles. The van der Waals surface area contributed by atoms with E-state index < -0.39 is 0 Å². The Kier molecular flexibility index (Phi) is 4.54. The quantitative estimate of drug-likeness (QED) is 0.808. The second-order valence-corrected chi connectivity index (χ2v) is 9.57. The van der Waals surface area contributed by atoms with E-state index in [4.69, 9.17) is 4.42 Å². The van der Waals surface area contributed by atoms with E-state index in [2.05, 4.69) is 22.8 Å². The van der Waals surface area contributed by atoms with Gasteiger partial charge in [0.25, 0.3) is 5.91 Å². The third-order valence-corrected chi connectivity index (χ3v) is 7.33. The average molecular weight is 380 g/mol. The van der Waals surface area contributed by atoms with Crippen molar-refractivity contribution in [2.24, 2.45) is 17.8 Å². The summed E-state index contributed by atoms with van der Waals surface area (Å²) < 4.78 is 5.70. The van der Waals surface area contributed by atoms with Crippen LogP contribution in [0.15, 0.2) is 53.1 Å². The molecular weight excluding hydrogens is 348 g/mol. The van der Waals surface area contributed by atoms with Gasteiger partial charge in [-0.05, 0) is 75.3 Å². The van der Waals surface area contributed by atoms with E-state index >= 15 is 0 Å². The Bertz CT molecular complexity index is 779. The molecule has 0 saturated heterocycles. The summed E-state index contributed by atoms with van der Waals surface area (Å²) in [5.74, 6) is 3.58. The Morgan fingerprint density at radius 3 is 2.25 bits per heavy atom. The van der Waals surface area contributed by atoms with E-state index in [0.29, 0.717) is 0 Å². The summed E-state index contributed by atoms with van der Waals surface area (Å²) in [7, 11) is 0. The number of rotatable bonds is 6. The zero-order chi connectivity index (χ0) is 19.1. The number of amides is 1. The molecule has 4 bridgehead atoms. The molecule has 4 nitrogen and oxygen atoms in total. The van der Waals surface area contributed by atoms with Gasteiger partial charge in [-0.15, -0.1) is 0 Å². The summed E-state index contributed by atoms with van der Waals surface area (Å²) in [5, 5.41) is 5.67. The van der Waals surface area contributed by atoms with Crippen molar-refractivity contribution in [2.75, 3.05) is 0 Å². The van der Waals surface area contributed by atoms with E-state index in [9.17, 15) is 4.79 Å². The van der Waals surface area contributed by atoms with E-state index in [1.165, 1.54) is 38.5 Å². The molecule has 2 aromatic rings. The van der Waals surface area contributed by atoms with Gasteiger partial charge in [-0.3, -0.25) is 4.79 Å². The molecule has 0 aliphatic heterocycles. The lowest BCUT2D eigenvalue weighted by molar-refractivity contribution is -0.706. The number of hydrogen-bond acceptors (Lipinski definition) is 2. The maximum atomic E-state index is 13.2. The van der Waals surface area contributed by atoms with E-state index in [-0.39, 0.29) is 23.5 Å². The van der Waals surface area contributed by atoms with Gasteiger partial charge in [0.1, 0.15) is 0 Å². The van der Waals surface area contributed by atoms with E-state index in [1.807, 2.05) is 37.3 Å². The summed E-state index contributed by atoms with van der Waals surface area (Å²) in [4.78, 5) is 13.2. The smallest absolute Gasteiger partial charge is 0.278 e. The van der Waals surface area contributed by atoms with Crippen molar-refractivity contribution >= 4 is 5.91 Å². The van der Waals surface area contributed by atoms with Gasteiger partial charge in [-0.2, -0.15) is 0 Å². The molecule has 1 amide bonds. The zero-order valence-electron chi connectivity index (χ0n) is 16.6. The van der Waals surface area contributed by atoms with Crippen LogP contribution in [0, 0.1) is 17.8 Å². The first kappa shape index (κ1) is 18.0. The summed E-state index contributed by atoms with van der Waals surface area (Å²) in [6.45, 7) is 2.02. The first-order valence-corrected chi connectivity index (χ1v) is 10.9. The van der Waals surface area contributed by atoms with Crippen LogP contribution in [0.25, 0.3) is 0 Å². The number of nitrogens with one attached hydrogen (secondary N) is 1. The fourth-order valence-electron chi connectivity index (χ4n) is 6.51. The molecular formula is C24H31N2O2+. The number of carbonyl (C=O) groups excluding carboxylic acids is 1. The molecule has 148 valence electrons. The number of nitrogens with two attached hydrogens (primary N) is 1. The van der Waals surface area contributed by atoms with Gasteiger partial charge in [0.05, 0.1) is 6.26 Å². The van der Waals surface area contributed by atoms with Crippen LogP contribution in [0.5, 0.6) is 0 Å². The van der Waals surface area contributed by atoms with Gasteiger partial charge >= 0.3 is 0 Å². The topological polar surface area (TPSA) is 58.9 Å². The van der Waals surface area contributed by atoms with Crippen LogP contribution in [-0.4, -0.2) is 17.5 Å². The maximum absolute atomic E-state index is 13.2. The molecule has 4 fully saturated rings. The normalized spacial score (nSPS) is 32.8. The van der Waals surface area contributed by atoms with Crippen LogP contribution in [-0.2, 0) is 4.79 Å². The third kappa shape index (κ3) is 3.39. The first-order chi connectivity index (χ1) is 13.6.